The van der Waals surface area contributed by atoms with E-state index < -0.39 is 0 Å². The Balaban J connectivity index is 2.13. The number of nitrogens with zero attached hydrogens (tertiary/aromatic N) is 4. The molecule has 0 aliphatic rings. The Morgan fingerprint density at radius 1 is 1.21 bits per heavy atom. The van der Waals surface area contributed by atoms with E-state index in [0.29, 0.717) is 18.1 Å². The Bertz CT molecular complexity index is 720. The topological polar surface area (TPSA) is 52.8 Å². The average molecular weight is 254 g/mol. The van der Waals surface area contributed by atoms with Crippen molar-refractivity contribution in [3.63, 3.8) is 0 Å². The highest BCUT2D eigenvalue weighted by atomic mass is 16.5. The Morgan fingerprint density at radius 3 is 2.89 bits per heavy atom. The van der Waals surface area contributed by atoms with Gasteiger partial charge in [-0.25, -0.2) is 15.0 Å². The van der Waals surface area contributed by atoms with Gasteiger partial charge in [0.1, 0.15) is 11.3 Å². The average Bonchev–Trinajstić information content (AvgIpc) is 2.81. The SMILES string of the molecule is CCOc1ccccc1-c1ncc2c(ncn2C)n1. The zero-order valence-electron chi connectivity index (χ0n) is 10.9. The van der Waals surface area contributed by atoms with Gasteiger partial charge in [-0.1, -0.05) is 12.1 Å². The van der Waals surface area contributed by atoms with Crippen molar-refractivity contribution in [3.8, 4) is 17.1 Å². The number of rotatable bonds is 3. The maximum absolute atomic E-state index is 5.60. The summed E-state index contributed by atoms with van der Waals surface area (Å²) in [6, 6.07) is 7.76. The van der Waals surface area contributed by atoms with Crippen molar-refractivity contribution < 1.29 is 4.74 Å². The second-order valence-corrected chi connectivity index (χ2v) is 4.19. The maximum atomic E-state index is 5.60. The van der Waals surface area contributed by atoms with Crippen LogP contribution in [0.2, 0.25) is 0 Å². The van der Waals surface area contributed by atoms with Crippen molar-refractivity contribution in [2.75, 3.05) is 6.61 Å². The summed E-state index contributed by atoms with van der Waals surface area (Å²) in [5, 5.41) is 0. The van der Waals surface area contributed by atoms with E-state index in [1.807, 2.05) is 42.8 Å². The van der Waals surface area contributed by atoms with E-state index in [0.717, 1.165) is 16.8 Å². The smallest absolute Gasteiger partial charge is 0.181 e. The van der Waals surface area contributed by atoms with E-state index in [4.69, 9.17) is 4.74 Å². The van der Waals surface area contributed by atoms with Gasteiger partial charge in [0.2, 0.25) is 0 Å². The minimum Gasteiger partial charge on any atom is -0.493 e. The molecule has 5 heteroatoms. The zero-order chi connectivity index (χ0) is 13.2. The quantitative estimate of drug-likeness (QED) is 0.720. The number of aromatic nitrogens is 4. The maximum Gasteiger partial charge on any atom is 0.181 e. The monoisotopic (exact) mass is 254 g/mol. The van der Waals surface area contributed by atoms with Crippen molar-refractivity contribution in [3.05, 3.63) is 36.8 Å². The molecular weight excluding hydrogens is 240 g/mol. The lowest BCUT2D eigenvalue weighted by Crippen LogP contribution is -1.97. The molecule has 0 unspecified atom stereocenters. The summed E-state index contributed by atoms with van der Waals surface area (Å²) >= 11 is 0. The second-order valence-electron chi connectivity index (χ2n) is 4.19. The van der Waals surface area contributed by atoms with E-state index in [-0.39, 0.29) is 0 Å². The molecule has 0 saturated heterocycles. The molecule has 3 rings (SSSR count). The Labute approximate surface area is 110 Å². The fraction of sp³-hybridized carbons (Fsp3) is 0.214. The summed E-state index contributed by atoms with van der Waals surface area (Å²) in [4.78, 5) is 13.1. The lowest BCUT2D eigenvalue weighted by atomic mass is 10.2. The molecule has 0 radical (unpaired) electrons. The van der Waals surface area contributed by atoms with Gasteiger partial charge < -0.3 is 9.30 Å². The molecule has 0 amide bonds. The molecule has 1 aromatic carbocycles. The van der Waals surface area contributed by atoms with Gasteiger partial charge in [0.05, 0.1) is 24.7 Å². The number of hydrogen-bond donors (Lipinski definition) is 0. The molecule has 0 bridgehead atoms. The number of benzene rings is 1. The highest BCUT2D eigenvalue weighted by molar-refractivity contribution is 5.74. The van der Waals surface area contributed by atoms with Crippen molar-refractivity contribution in [2.24, 2.45) is 7.05 Å². The van der Waals surface area contributed by atoms with Gasteiger partial charge in [-0.15, -0.1) is 0 Å². The first-order valence-corrected chi connectivity index (χ1v) is 6.16. The van der Waals surface area contributed by atoms with Gasteiger partial charge >= 0.3 is 0 Å². The fourth-order valence-corrected chi connectivity index (χ4v) is 1.98. The third-order valence-electron chi connectivity index (χ3n) is 2.91. The first-order valence-electron chi connectivity index (χ1n) is 6.16. The molecule has 2 aromatic heterocycles. The lowest BCUT2D eigenvalue weighted by molar-refractivity contribution is 0.341. The van der Waals surface area contributed by atoms with Gasteiger partial charge in [-0.05, 0) is 19.1 Å². The molecule has 3 aromatic rings. The molecule has 0 aliphatic carbocycles. The third-order valence-corrected chi connectivity index (χ3v) is 2.91. The number of hydrogen-bond acceptors (Lipinski definition) is 4. The largest absolute Gasteiger partial charge is 0.493 e. The number of imidazole rings is 1. The molecule has 2 heterocycles. The predicted molar refractivity (Wildman–Crippen MR) is 72.9 cm³/mol. The standard InChI is InChI=1S/C14H14N4O/c1-3-19-12-7-5-4-6-10(12)13-15-8-11-14(17-13)16-9-18(11)2/h4-9H,3H2,1-2H3. The van der Waals surface area contributed by atoms with Crippen LogP contribution in [0.25, 0.3) is 22.6 Å². The van der Waals surface area contributed by atoms with Gasteiger partial charge in [0, 0.05) is 7.05 Å². The van der Waals surface area contributed by atoms with E-state index in [9.17, 15) is 0 Å². The first-order chi connectivity index (χ1) is 9.29. The van der Waals surface area contributed by atoms with E-state index in [1.165, 1.54) is 0 Å². The predicted octanol–water partition coefficient (Wildman–Crippen LogP) is 2.43. The summed E-state index contributed by atoms with van der Waals surface area (Å²) < 4.78 is 7.50. The number of para-hydroxylation sites is 1. The summed E-state index contributed by atoms with van der Waals surface area (Å²) in [5.74, 6) is 1.43. The van der Waals surface area contributed by atoms with E-state index in [1.54, 1.807) is 12.5 Å². The molecule has 19 heavy (non-hydrogen) atoms. The molecule has 0 fully saturated rings. The van der Waals surface area contributed by atoms with Crippen LogP contribution in [-0.4, -0.2) is 26.1 Å². The molecule has 0 N–H and O–H groups in total. The highest BCUT2D eigenvalue weighted by Gasteiger charge is 2.10. The Morgan fingerprint density at radius 2 is 2.05 bits per heavy atom. The van der Waals surface area contributed by atoms with E-state index >= 15 is 0 Å². The van der Waals surface area contributed by atoms with Crippen LogP contribution in [0, 0.1) is 0 Å². The fourth-order valence-electron chi connectivity index (χ4n) is 1.98. The van der Waals surface area contributed by atoms with Gasteiger partial charge in [-0.3, -0.25) is 0 Å². The van der Waals surface area contributed by atoms with Crippen LogP contribution in [-0.2, 0) is 7.05 Å². The summed E-state index contributed by atoms with van der Waals surface area (Å²) in [6.45, 7) is 2.57. The van der Waals surface area contributed by atoms with Gasteiger partial charge in [0.15, 0.2) is 11.5 Å². The van der Waals surface area contributed by atoms with Crippen LogP contribution in [0.3, 0.4) is 0 Å². The van der Waals surface area contributed by atoms with Crippen molar-refractivity contribution >= 4 is 11.2 Å². The summed E-state index contributed by atoms with van der Waals surface area (Å²) in [5.41, 5.74) is 2.49. The van der Waals surface area contributed by atoms with Crippen LogP contribution in [0.5, 0.6) is 5.75 Å². The van der Waals surface area contributed by atoms with Gasteiger partial charge in [-0.2, -0.15) is 0 Å². The molecule has 0 aliphatic heterocycles. The van der Waals surface area contributed by atoms with Gasteiger partial charge in [0.25, 0.3) is 0 Å². The van der Waals surface area contributed by atoms with Crippen LogP contribution < -0.4 is 4.74 Å². The molecule has 96 valence electrons. The number of ether oxygens (including phenoxy) is 1. The lowest BCUT2D eigenvalue weighted by Gasteiger charge is -2.08. The minimum absolute atomic E-state index is 0.614. The van der Waals surface area contributed by atoms with Crippen molar-refractivity contribution in [1.29, 1.82) is 0 Å². The van der Waals surface area contributed by atoms with E-state index in [2.05, 4.69) is 15.0 Å². The van der Waals surface area contributed by atoms with Crippen LogP contribution in [0.4, 0.5) is 0 Å². The number of fused-ring (bicyclic) bond motifs is 1. The summed E-state index contributed by atoms with van der Waals surface area (Å²) in [7, 11) is 1.92. The zero-order valence-corrected chi connectivity index (χ0v) is 10.9. The Kier molecular flexibility index (Phi) is 2.87. The molecule has 5 nitrogen and oxygen atoms in total. The van der Waals surface area contributed by atoms with Crippen molar-refractivity contribution in [2.45, 2.75) is 6.92 Å². The van der Waals surface area contributed by atoms with Crippen LogP contribution in [0.15, 0.2) is 36.8 Å². The second kappa shape index (κ2) is 4.68. The first kappa shape index (κ1) is 11.6. The van der Waals surface area contributed by atoms with Crippen molar-refractivity contribution in [1.82, 2.24) is 19.5 Å². The summed E-state index contributed by atoms with van der Waals surface area (Å²) in [6.07, 6.45) is 3.52. The highest BCUT2D eigenvalue weighted by Crippen LogP contribution is 2.27. The molecular formula is C14H14N4O. The molecule has 0 atom stereocenters. The normalized spacial score (nSPS) is 10.8. The number of aryl methyl sites for hydroxylation is 1. The molecule has 0 saturated carbocycles. The van der Waals surface area contributed by atoms with Crippen LogP contribution >= 0.6 is 0 Å². The third kappa shape index (κ3) is 2.03. The Hall–Kier alpha value is -2.43. The minimum atomic E-state index is 0.614. The molecule has 0 spiro atoms. The van der Waals surface area contributed by atoms with Crippen LogP contribution in [0.1, 0.15) is 6.92 Å².